The number of piperazine rings is 1. The lowest BCUT2D eigenvalue weighted by Crippen LogP contribution is -2.50. The third-order valence-corrected chi connectivity index (χ3v) is 5.07. The number of para-hydroxylation sites is 1. The number of ether oxygens (including phenoxy) is 2. The Kier molecular flexibility index (Phi) is 8.34. The Morgan fingerprint density at radius 1 is 0.912 bits per heavy atom. The number of alkyl halides is 3. The number of esters is 1. The van der Waals surface area contributed by atoms with Crippen LogP contribution in [-0.2, 0) is 25.3 Å². The molecule has 1 aliphatic rings. The normalized spacial score (nSPS) is 13.9. The van der Waals surface area contributed by atoms with Crippen LogP contribution in [0.5, 0.6) is 5.75 Å². The molecule has 2 aromatic carbocycles. The lowest BCUT2D eigenvalue weighted by molar-refractivity contribution is -0.152. The Labute approximate surface area is 194 Å². The average molecular weight is 479 g/mol. The first-order valence-electron chi connectivity index (χ1n) is 10.5. The number of amides is 2. The van der Waals surface area contributed by atoms with Crippen LogP contribution in [0.15, 0.2) is 54.6 Å². The number of hydrogen-bond donors (Lipinski definition) is 1. The molecule has 2 amide bonds. The molecule has 11 heteroatoms. The minimum absolute atomic E-state index is 0.271. The highest BCUT2D eigenvalue weighted by atomic mass is 19.4. The second-order valence-electron chi connectivity index (χ2n) is 7.46. The molecule has 0 radical (unpaired) electrons. The van der Waals surface area contributed by atoms with Crippen LogP contribution in [0.2, 0.25) is 0 Å². The van der Waals surface area contributed by atoms with Crippen LogP contribution in [-0.4, -0.2) is 68.6 Å². The van der Waals surface area contributed by atoms with E-state index in [1.165, 1.54) is 11.0 Å². The second kappa shape index (κ2) is 11.4. The van der Waals surface area contributed by atoms with Crippen molar-refractivity contribution in [1.82, 2.24) is 10.2 Å². The monoisotopic (exact) mass is 479 g/mol. The molecular formula is C23H24F3N3O5. The van der Waals surface area contributed by atoms with Gasteiger partial charge in [-0.2, -0.15) is 13.2 Å². The van der Waals surface area contributed by atoms with Gasteiger partial charge >= 0.3 is 12.1 Å². The largest absolute Gasteiger partial charge is 0.484 e. The third-order valence-electron chi connectivity index (χ3n) is 5.07. The molecule has 1 N–H and O–H groups in total. The van der Waals surface area contributed by atoms with Crippen molar-refractivity contribution in [2.45, 2.75) is 6.18 Å². The molecule has 1 heterocycles. The predicted molar refractivity (Wildman–Crippen MR) is 116 cm³/mol. The summed E-state index contributed by atoms with van der Waals surface area (Å²) < 4.78 is 48.9. The quantitative estimate of drug-likeness (QED) is 0.584. The van der Waals surface area contributed by atoms with E-state index in [9.17, 15) is 27.6 Å². The number of rotatable bonds is 8. The summed E-state index contributed by atoms with van der Waals surface area (Å²) in [5.74, 6) is -1.20. The SMILES string of the molecule is O=C(COc1ccccc1)NCC(=O)OCC(=O)N1CCN(c2cccc(C(F)(F)F)c2)CC1. The summed E-state index contributed by atoms with van der Waals surface area (Å²) in [6.07, 6.45) is -4.42. The number of nitrogens with zero attached hydrogens (tertiary/aromatic N) is 2. The lowest BCUT2D eigenvalue weighted by atomic mass is 10.1. The fourth-order valence-electron chi connectivity index (χ4n) is 3.26. The van der Waals surface area contributed by atoms with Gasteiger partial charge in [0.2, 0.25) is 0 Å². The van der Waals surface area contributed by atoms with Crippen LogP contribution in [0.1, 0.15) is 5.56 Å². The minimum atomic E-state index is -4.42. The van der Waals surface area contributed by atoms with Crippen molar-refractivity contribution in [3.63, 3.8) is 0 Å². The van der Waals surface area contributed by atoms with Gasteiger partial charge in [0.25, 0.3) is 11.8 Å². The first kappa shape index (κ1) is 24.9. The number of anilines is 1. The van der Waals surface area contributed by atoms with Gasteiger partial charge in [0.1, 0.15) is 12.3 Å². The van der Waals surface area contributed by atoms with Gasteiger partial charge in [0, 0.05) is 31.9 Å². The lowest BCUT2D eigenvalue weighted by Gasteiger charge is -2.36. The zero-order valence-electron chi connectivity index (χ0n) is 18.2. The van der Waals surface area contributed by atoms with Gasteiger partial charge in [-0.3, -0.25) is 14.4 Å². The van der Waals surface area contributed by atoms with E-state index in [1.807, 2.05) is 0 Å². The molecule has 0 aromatic heterocycles. The molecule has 0 spiro atoms. The van der Waals surface area contributed by atoms with Gasteiger partial charge in [-0.1, -0.05) is 24.3 Å². The van der Waals surface area contributed by atoms with Gasteiger partial charge in [-0.25, -0.2) is 0 Å². The van der Waals surface area contributed by atoms with Crippen LogP contribution in [0.3, 0.4) is 0 Å². The van der Waals surface area contributed by atoms with E-state index in [0.29, 0.717) is 24.5 Å². The van der Waals surface area contributed by atoms with Gasteiger partial charge in [0.05, 0.1) is 5.56 Å². The summed E-state index contributed by atoms with van der Waals surface area (Å²) in [7, 11) is 0. The first-order chi connectivity index (χ1) is 16.2. The molecule has 34 heavy (non-hydrogen) atoms. The van der Waals surface area contributed by atoms with Crippen LogP contribution < -0.4 is 15.0 Å². The van der Waals surface area contributed by atoms with Crippen molar-refractivity contribution in [1.29, 1.82) is 0 Å². The van der Waals surface area contributed by atoms with E-state index in [2.05, 4.69) is 5.32 Å². The van der Waals surface area contributed by atoms with Crippen molar-refractivity contribution in [3.05, 3.63) is 60.2 Å². The highest BCUT2D eigenvalue weighted by Crippen LogP contribution is 2.31. The summed E-state index contributed by atoms with van der Waals surface area (Å²) in [4.78, 5) is 39.1. The van der Waals surface area contributed by atoms with Crippen molar-refractivity contribution >= 4 is 23.5 Å². The van der Waals surface area contributed by atoms with Crippen LogP contribution in [0.25, 0.3) is 0 Å². The fourth-order valence-corrected chi connectivity index (χ4v) is 3.26. The van der Waals surface area contributed by atoms with Crippen LogP contribution in [0, 0.1) is 0 Å². The summed E-state index contributed by atoms with van der Waals surface area (Å²) in [5, 5.41) is 2.34. The minimum Gasteiger partial charge on any atom is -0.484 e. The maximum absolute atomic E-state index is 12.9. The Morgan fingerprint density at radius 2 is 1.62 bits per heavy atom. The predicted octanol–water partition coefficient (Wildman–Crippen LogP) is 2.09. The van der Waals surface area contributed by atoms with Crippen LogP contribution >= 0.6 is 0 Å². The Morgan fingerprint density at radius 3 is 2.29 bits per heavy atom. The fraction of sp³-hybridized carbons (Fsp3) is 0.348. The molecule has 3 rings (SSSR count). The van der Waals surface area contributed by atoms with Gasteiger partial charge in [-0.15, -0.1) is 0 Å². The molecule has 0 unspecified atom stereocenters. The Balaban J connectivity index is 1.35. The molecule has 0 atom stereocenters. The molecule has 182 valence electrons. The molecule has 1 fully saturated rings. The van der Waals surface area contributed by atoms with E-state index in [4.69, 9.17) is 9.47 Å². The zero-order chi connectivity index (χ0) is 24.6. The van der Waals surface area contributed by atoms with Gasteiger partial charge in [0.15, 0.2) is 13.2 Å². The highest BCUT2D eigenvalue weighted by molar-refractivity contribution is 5.85. The first-order valence-corrected chi connectivity index (χ1v) is 10.5. The summed E-state index contributed by atoms with van der Waals surface area (Å²) in [6, 6.07) is 13.7. The number of carbonyl (C=O) groups is 3. The van der Waals surface area contributed by atoms with E-state index in [0.717, 1.165) is 12.1 Å². The van der Waals surface area contributed by atoms with Crippen molar-refractivity contribution in [3.8, 4) is 5.75 Å². The van der Waals surface area contributed by atoms with Crippen molar-refractivity contribution < 1.29 is 37.0 Å². The smallest absolute Gasteiger partial charge is 0.416 e. The zero-order valence-corrected chi connectivity index (χ0v) is 18.2. The number of halogens is 3. The van der Waals surface area contributed by atoms with E-state index >= 15 is 0 Å². The van der Waals surface area contributed by atoms with Gasteiger partial charge in [-0.05, 0) is 30.3 Å². The number of hydrogen-bond acceptors (Lipinski definition) is 6. The number of carbonyl (C=O) groups excluding carboxylic acids is 3. The number of nitrogens with one attached hydrogen (secondary N) is 1. The maximum atomic E-state index is 12.9. The van der Waals surface area contributed by atoms with E-state index in [-0.39, 0.29) is 19.7 Å². The molecule has 2 aromatic rings. The number of benzene rings is 2. The van der Waals surface area contributed by atoms with Crippen molar-refractivity contribution in [2.75, 3.05) is 50.8 Å². The van der Waals surface area contributed by atoms with Gasteiger partial charge < -0.3 is 24.6 Å². The third kappa shape index (κ3) is 7.39. The van der Waals surface area contributed by atoms with E-state index < -0.39 is 42.7 Å². The topological polar surface area (TPSA) is 88.2 Å². The van der Waals surface area contributed by atoms with Crippen LogP contribution in [0.4, 0.5) is 18.9 Å². The van der Waals surface area contributed by atoms with Crippen molar-refractivity contribution in [2.24, 2.45) is 0 Å². The summed E-state index contributed by atoms with van der Waals surface area (Å²) in [5.41, 5.74) is -0.297. The standard InChI is InChI=1S/C23H24F3N3O5/c24-23(25,26)17-5-4-6-18(13-17)28-9-11-29(12-10-28)21(31)16-34-22(32)14-27-20(30)15-33-19-7-2-1-3-8-19/h1-8,13H,9-12,14-16H2,(H,27,30). The molecule has 0 aliphatic carbocycles. The molecule has 1 aliphatic heterocycles. The molecule has 0 bridgehead atoms. The molecule has 1 saturated heterocycles. The summed E-state index contributed by atoms with van der Waals surface area (Å²) in [6.45, 7) is 0.0794. The summed E-state index contributed by atoms with van der Waals surface area (Å²) >= 11 is 0. The average Bonchev–Trinajstić information content (AvgIpc) is 2.85. The molecule has 8 nitrogen and oxygen atoms in total. The molecular weight excluding hydrogens is 455 g/mol. The molecule has 0 saturated carbocycles. The second-order valence-corrected chi connectivity index (χ2v) is 7.46. The maximum Gasteiger partial charge on any atom is 0.416 e. The Bertz CT molecular complexity index is 993. The van der Waals surface area contributed by atoms with E-state index in [1.54, 1.807) is 41.3 Å². The Hall–Kier alpha value is -3.76. The highest BCUT2D eigenvalue weighted by Gasteiger charge is 2.31.